The Balaban J connectivity index is 2.16. The molecule has 0 amide bonds. The Kier molecular flexibility index (Phi) is 7.77. The van der Waals surface area contributed by atoms with Crippen molar-refractivity contribution in [2.24, 2.45) is 0 Å². The zero-order chi connectivity index (χ0) is 25.2. The molecule has 0 aliphatic heterocycles. The molecular formula is C32H38OTi2. The van der Waals surface area contributed by atoms with Gasteiger partial charge in [0.2, 0.25) is 0 Å². The summed E-state index contributed by atoms with van der Waals surface area (Å²) in [5, 5.41) is 0. The topological polar surface area (TPSA) is 9.23 Å². The summed E-state index contributed by atoms with van der Waals surface area (Å²) < 4.78 is 13.8. The molecule has 0 saturated heterocycles. The van der Waals surface area contributed by atoms with Crippen LogP contribution in [-0.2, 0) is 35.9 Å². The van der Waals surface area contributed by atoms with Crippen molar-refractivity contribution in [1.29, 1.82) is 0 Å². The van der Waals surface area contributed by atoms with Crippen LogP contribution in [0.1, 0.15) is 41.5 Å². The van der Waals surface area contributed by atoms with Gasteiger partial charge in [0.1, 0.15) is 0 Å². The predicted molar refractivity (Wildman–Crippen MR) is 145 cm³/mol. The van der Waals surface area contributed by atoms with Crippen LogP contribution in [0.3, 0.4) is 0 Å². The normalized spacial score (nSPS) is 13.0. The van der Waals surface area contributed by atoms with E-state index in [4.69, 9.17) is 1.90 Å². The maximum atomic E-state index is 8.27. The Labute approximate surface area is 220 Å². The Morgan fingerprint density at radius 2 is 0.657 bits per heavy atom. The average Bonchev–Trinajstić information content (AvgIpc) is 2.86. The third kappa shape index (κ3) is 4.83. The third-order valence-corrected chi connectivity index (χ3v) is 25.8. The SMILES string of the molecule is C[C](C)(C)[Ti]([O][Ti]([c]1ccccc1)([c]1ccccc1)[c]1ccccc1)([c]1ccccc1)[C](C)(C)C. The molecule has 0 atom stereocenters. The first-order valence-electron chi connectivity index (χ1n) is 12.6. The molecular weight excluding hydrogens is 496 g/mol. The monoisotopic (exact) mass is 534 g/mol. The van der Waals surface area contributed by atoms with Gasteiger partial charge in [-0.1, -0.05) is 0 Å². The summed E-state index contributed by atoms with van der Waals surface area (Å²) in [6.07, 6.45) is 0. The Morgan fingerprint density at radius 3 is 0.914 bits per heavy atom. The summed E-state index contributed by atoms with van der Waals surface area (Å²) in [4.78, 5) is 0. The number of hydrogen-bond acceptors (Lipinski definition) is 1. The molecule has 0 spiro atoms. The van der Waals surface area contributed by atoms with Crippen LogP contribution in [0.15, 0.2) is 121 Å². The van der Waals surface area contributed by atoms with E-state index < -0.39 is 34.0 Å². The van der Waals surface area contributed by atoms with Gasteiger partial charge in [-0.3, -0.25) is 0 Å². The van der Waals surface area contributed by atoms with E-state index in [-0.39, 0.29) is 7.44 Å². The molecule has 0 heterocycles. The van der Waals surface area contributed by atoms with E-state index in [1.165, 1.54) is 15.5 Å². The van der Waals surface area contributed by atoms with Gasteiger partial charge in [0.15, 0.2) is 0 Å². The van der Waals surface area contributed by atoms with E-state index >= 15 is 0 Å². The Bertz CT molecular complexity index is 1100. The number of hydrogen-bond donors (Lipinski definition) is 0. The van der Waals surface area contributed by atoms with Crippen LogP contribution in [-0.4, -0.2) is 0 Å². The van der Waals surface area contributed by atoms with Crippen LogP contribution in [0.4, 0.5) is 0 Å². The second-order valence-electron chi connectivity index (χ2n) is 11.4. The molecule has 0 saturated carbocycles. The Hall–Kier alpha value is -1.73. The molecule has 1 nitrogen and oxygen atoms in total. The van der Waals surface area contributed by atoms with E-state index in [1.807, 2.05) is 0 Å². The maximum absolute atomic E-state index is 8.27. The van der Waals surface area contributed by atoms with Gasteiger partial charge in [-0.05, 0) is 0 Å². The van der Waals surface area contributed by atoms with E-state index in [0.717, 1.165) is 0 Å². The van der Waals surface area contributed by atoms with Gasteiger partial charge in [-0.15, -0.1) is 0 Å². The van der Waals surface area contributed by atoms with Gasteiger partial charge in [0.25, 0.3) is 0 Å². The quantitative estimate of drug-likeness (QED) is 0.245. The van der Waals surface area contributed by atoms with Crippen molar-refractivity contribution < 1.29 is 35.9 Å². The molecule has 0 aliphatic carbocycles. The van der Waals surface area contributed by atoms with Crippen LogP contribution in [0.2, 0.25) is 7.44 Å². The fraction of sp³-hybridized carbons (Fsp3) is 0.250. The van der Waals surface area contributed by atoms with E-state index in [0.29, 0.717) is 0 Å². The number of benzene rings is 4. The predicted octanol–water partition coefficient (Wildman–Crippen LogP) is 6.88. The summed E-state index contributed by atoms with van der Waals surface area (Å²) in [6.45, 7) is 14.5. The summed E-state index contributed by atoms with van der Waals surface area (Å²) in [5.41, 5.74) is 0. The molecule has 4 rings (SSSR count). The van der Waals surface area contributed by atoms with Crippen molar-refractivity contribution in [3.63, 3.8) is 0 Å². The van der Waals surface area contributed by atoms with Gasteiger partial charge >= 0.3 is 222 Å². The van der Waals surface area contributed by atoms with Gasteiger partial charge in [-0.2, -0.15) is 0 Å². The molecule has 4 aromatic rings. The molecule has 0 radical (unpaired) electrons. The van der Waals surface area contributed by atoms with Crippen molar-refractivity contribution in [3.05, 3.63) is 121 Å². The van der Waals surface area contributed by atoms with E-state index in [2.05, 4.69) is 163 Å². The zero-order valence-corrected chi connectivity index (χ0v) is 25.1. The summed E-state index contributed by atoms with van der Waals surface area (Å²) in [6, 6.07) is 44.5. The molecule has 35 heavy (non-hydrogen) atoms. The first kappa shape index (κ1) is 26.3. The van der Waals surface area contributed by atoms with Crippen LogP contribution >= 0.6 is 0 Å². The van der Waals surface area contributed by atoms with Crippen molar-refractivity contribution in [2.45, 2.75) is 49.0 Å². The van der Waals surface area contributed by atoms with Crippen LogP contribution in [0, 0.1) is 0 Å². The second-order valence-corrected chi connectivity index (χ2v) is 25.6. The molecule has 0 aromatic heterocycles. The molecule has 0 aliphatic rings. The summed E-state index contributed by atoms with van der Waals surface area (Å²) in [5.74, 6) is 0. The molecule has 180 valence electrons. The minimum absolute atomic E-state index is 0.00838. The molecule has 0 bridgehead atoms. The first-order chi connectivity index (χ1) is 16.6. The van der Waals surface area contributed by atoms with Gasteiger partial charge < -0.3 is 0 Å². The minimum atomic E-state index is -3.63. The van der Waals surface area contributed by atoms with Gasteiger partial charge in [0, 0.05) is 0 Å². The van der Waals surface area contributed by atoms with Crippen molar-refractivity contribution in [1.82, 2.24) is 0 Å². The van der Waals surface area contributed by atoms with E-state index in [9.17, 15) is 0 Å². The molecule has 3 heteroatoms. The van der Waals surface area contributed by atoms with Crippen LogP contribution in [0.5, 0.6) is 0 Å². The van der Waals surface area contributed by atoms with Crippen LogP contribution in [0.25, 0.3) is 0 Å². The second kappa shape index (κ2) is 10.3. The van der Waals surface area contributed by atoms with Gasteiger partial charge in [-0.25, -0.2) is 0 Å². The average molecular weight is 534 g/mol. The fourth-order valence-corrected chi connectivity index (χ4v) is 30.2. The molecule has 0 fully saturated rings. The Morgan fingerprint density at radius 1 is 0.400 bits per heavy atom. The first-order valence-corrected chi connectivity index (χ1v) is 18.5. The van der Waals surface area contributed by atoms with Gasteiger partial charge in [0.05, 0.1) is 0 Å². The van der Waals surface area contributed by atoms with Crippen LogP contribution < -0.4 is 15.5 Å². The molecule has 4 aromatic carbocycles. The number of rotatable bonds is 6. The standard InChI is InChI=1S/4C6H5.2C4H9.O.2Ti/c4*1-2-4-6-5-3-1;2*1-4(2)3;;;/h4*1-5H;2*1-3H3;;;. The van der Waals surface area contributed by atoms with Crippen molar-refractivity contribution in [3.8, 4) is 0 Å². The van der Waals surface area contributed by atoms with Crippen molar-refractivity contribution >= 4 is 15.5 Å². The zero-order valence-electron chi connectivity index (χ0n) is 22.0. The fourth-order valence-electron chi connectivity index (χ4n) is 5.95. The molecule has 0 unspecified atom stereocenters. The third-order valence-electron chi connectivity index (χ3n) is 7.14. The summed E-state index contributed by atoms with van der Waals surface area (Å²) >= 11 is -7.05. The van der Waals surface area contributed by atoms with Crippen molar-refractivity contribution in [2.75, 3.05) is 0 Å². The summed E-state index contributed by atoms with van der Waals surface area (Å²) in [7, 11) is 0. The molecule has 0 N–H and O–H groups in total. The van der Waals surface area contributed by atoms with E-state index in [1.54, 1.807) is 0 Å².